The van der Waals surface area contributed by atoms with Gasteiger partial charge in [-0.2, -0.15) is 0 Å². The molecule has 4 heterocycles. The summed E-state index contributed by atoms with van der Waals surface area (Å²) in [5, 5.41) is 19.5. The molecule has 0 radical (unpaired) electrons. The van der Waals surface area contributed by atoms with E-state index in [1.165, 1.54) is 6.08 Å². The van der Waals surface area contributed by atoms with E-state index in [0.717, 1.165) is 31.3 Å². The predicted molar refractivity (Wildman–Crippen MR) is 196 cm³/mol. The van der Waals surface area contributed by atoms with Gasteiger partial charge in [-0.25, -0.2) is 4.79 Å². The number of ether oxygens (including phenoxy) is 4. The molecule has 14 heteroatoms. The Morgan fingerprint density at radius 3 is 2.44 bits per heavy atom. The second-order valence-corrected chi connectivity index (χ2v) is 14.8. The molecule has 0 aromatic rings. The monoisotopic (exact) mass is 814 g/mol. The minimum absolute atomic E-state index is 0.0243. The smallest absolute Gasteiger partial charge is 0.410 e. The molecule has 4 amide bonds. The third-order valence-electron chi connectivity index (χ3n) is 9.78. The highest BCUT2D eigenvalue weighted by molar-refractivity contribution is 14.1. The lowest BCUT2D eigenvalue weighted by molar-refractivity contribution is -0.145. The van der Waals surface area contributed by atoms with Crippen molar-refractivity contribution in [3.63, 3.8) is 0 Å². The largest absolute Gasteiger partial charge is 0.442 e. The summed E-state index contributed by atoms with van der Waals surface area (Å²) in [5.41, 5.74) is 0.296. The van der Waals surface area contributed by atoms with Crippen molar-refractivity contribution in [2.45, 2.75) is 121 Å². The first-order valence-corrected chi connectivity index (χ1v) is 19.4. The van der Waals surface area contributed by atoms with Gasteiger partial charge in [0, 0.05) is 38.7 Å². The number of carbonyl (C=O) groups is 4. The lowest BCUT2D eigenvalue weighted by Crippen LogP contribution is -2.51. The van der Waals surface area contributed by atoms with Gasteiger partial charge in [-0.05, 0) is 64.9 Å². The molecule has 4 aliphatic heterocycles. The van der Waals surface area contributed by atoms with Gasteiger partial charge >= 0.3 is 6.09 Å². The minimum atomic E-state index is -0.836. The number of amides is 4. The van der Waals surface area contributed by atoms with E-state index in [-0.39, 0.29) is 54.4 Å². The average Bonchev–Trinajstić information content (AvgIpc) is 3.87. The molecule has 4 aliphatic rings. The Bertz CT molecular complexity index is 1270. The van der Waals surface area contributed by atoms with E-state index >= 15 is 0 Å². The molecule has 1 spiro atoms. The Balaban J connectivity index is 1.20. The maximum Gasteiger partial charge on any atom is 0.410 e. The van der Waals surface area contributed by atoms with Gasteiger partial charge in [0.15, 0.2) is 0 Å². The molecule has 4 fully saturated rings. The Morgan fingerprint density at radius 2 is 1.76 bits per heavy atom. The van der Waals surface area contributed by atoms with Gasteiger partial charge in [0.1, 0.15) is 23.9 Å². The van der Waals surface area contributed by atoms with Gasteiger partial charge in [-0.1, -0.05) is 53.3 Å². The molecular weight excluding hydrogens is 759 g/mol. The molecular formula is C36H55IN4O9. The fourth-order valence-electron chi connectivity index (χ4n) is 6.67. The van der Waals surface area contributed by atoms with Crippen LogP contribution in [0, 0.1) is 5.92 Å². The molecule has 0 aromatic heterocycles. The lowest BCUT2D eigenvalue weighted by Gasteiger charge is -2.39. The van der Waals surface area contributed by atoms with Crippen molar-refractivity contribution in [1.29, 1.82) is 0 Å². The van der Waals surface area contributed by atoms with E-state index in [2.05, 4.69) is 29.0 Å². The van der Waals surface area contributed by atoms with Crippen molar-refractivity contribution in [2.24, 2.45) is 5.92 Å². The van der Waals surface area contributed by atoms with E-state index in [0.29, 0.717) is 50.1 Å². The number of piperidine rings is 1. The number of aliphatic hydroxyl groups is 1. The molecule has 0 saturated carbocycles. The zero-order valence-electron chi connectivity index (χ0n) is 29.7. The van der Waals surface area contributed by atoms with Gasteiger partial charge in [0.2, 0.25) is 17.7 Å². The molecule has 13 nitrogen and oxygen atoms in total. The fraction of sp³-hybridized carbons (Fsp3) is 0.722. The molecule has 280 valence electrons. The van der Waals surface area contributed by atoms with Crippen LogP contribution in [0.2, 0.25) is 0 Å². The zero-order chi connectivity index (χ0) is 36.3. The fourth-order valence-corrected chi connectivity index (χ4v) is 6.93. The van der Waals surface area contributed by atoms with E-state index in [4.69, 9.17) is 18.9 Å². The third kappa shape index (κ3) is 12.3. The number of hydrogen-bond acceptors (Lipinski definition) is 9. The zero-order valence-corrected chi connectivity index (χ0v) is 31.9. The Hall–Kier alpha value is -2.53. The van der Waals surface area contributed by atoms with Crippen molar-refractivity contribution in [2.75, 3.05) is 37.2 Å². The van der Waals surface area contributed by atoms with Crippen LogP contribution in [0.15, 0.2) is 36.0 Å². The number of carbonyl (C=O) groups excluding carboxylic acids is 4. The Morgan fingerprint density at radius 1 is 1.06 bits per heavy atom. The number of nitrogens with one attached hydrogen (secondary N) is 3. The van der Waals surface area contributed by atoms with Gasteiger partial charge in [0.25, 0.3) is 0 Å². The summed E-state index contributed by atoms with van der Waals surface area (Å²) < 4.78 is 24.0. The summed E-state index contributed by atoms with van der Waals surface area (Å²) in [4.78, 5) is 50.6. The summed E-state index contributed by atoms with van der Waals surface area (Å²) in [6.07, 6.45) is 11.1. The van der Waals surface area contributed by atoms with Crippen LogP contribution in [-0.4, -0.2) is 119 Å². The Kier molecular flexibility index (Phi) is 15.6. The molecule has 0 aliphatic carbocycles. The predicted octanol–water partition coefficient (Wildman–Crippen LogP) is 3.09. The summed E-state index contributed by atoms with van der Waals surface area (Å²) in [6.45, 7) is 10.4. The molecule has 50 heavy (non-hydrogen) atoms. The minimum Gasteiger partial charge on any atom is -0.442 e. The summed E-state index contributed by atoms with van der Waals surface area (Å²) in [6, 6.07) is -0.145. The van der Waals surface area contributed by atoms with Crippen LogP contribution in [-0.2, 0) is 33.3 Å². The van der Waals surface area contributed by atoms with Crippen molar-refractivity contribution >= 4 is 46.4 Å². The second-order valence-electron chi connectivity index (χ2n) is 14.0. The molecule has 1 unspecified atom stereocenters. The quantitative estimate of drug-likeness (QED) is 0.0515. The number of hydrogen-bond donors (Lipinski definition) is 4. The average molecular weight is 815 g/mol. The standard InChI is InChI=1S/C36H55IN4O9/c1-23(9-12-30-34(45)36(22-47-36)20-27(50-30)19-32(43)38-14-15-39-33(44)21-37)8-11-29-24(2)18-28(26(4)49-29)40-31(42)13-10-25(3)48-35(46)41-16-6-5-7-17-41/h8-10,12-13,24-30,34,45H,5-7,11,14-22H2,1-4H3,(H,38,43)(H,39,44)(H,40,42)/t24-,25?,26+,27+,28+,29-,30+,34+,36+/m0/s1. The van der Waals surface area contributed by atoms with E-state index < -0.39 is 30.0 Å². The van der Waals surface area contributed by atoms with Crippen molar-refractivity contribution in [3.05, 3.63) is 36.0 Å². The molecule has 4 saturated heterocycles. The van der Waals surface area contributed by atoms with Crippen LogP contribution in [0.5, 0.6) is 0 Å². The van der Waals surface area contributed by atoms with Crippen molar-refractivity contribution in [3.8, 4) is 0 Å². The number of allylic oxidation sites excluding steroid dienone is 2. The highest BCUT2D eigenvalue weighted by Gasteiger charge is 2.58. The maximum absolute atomic E-state index is 12.7. The van der Waals surface area contributed by atoms with Crippen LogP contribution in [0.25, 0.3) is 0 Å². The Labute approximate surface area is 309 Å². The summed E-state index contributed by atoms with van der Waals surface area (Å²) in [5.74, 6) is -0.309. The highest BCUT2D eigenvalue weighted by Crippen LogP contribution is 2.43. The normalized spacial score (nSPS) is 32.2. The number of nitrogens with zero attached hydrogens (tertiary/aromatic N) is 1. The summed E-state index contributed by atoms with van der Waals surface area (Å²) in [7, 11) is 0. The molecule has 0 bridgehead atoms. The van der Waals surface area contributed by atoms with Crippen LogP contribution in [0.1, 0.15) is 72.6 Å². The number of epoxide rings is 1. The van der Waals surface area contributed by atoms with E-state index in [9.17, 15) is 24.3 Å². The topological polar surface area (TPSA) is 168 Å². The van der Waals surface area contributed by atoms with Crippen molar-refractivity contribution in [1.82, 2.24) is 20.9 Å². The molecule has 0 aromatic carbocycles. The number of alkyl halides is 1. The molecule has 4 N–H and O–H groups in total. The van der Waals surface area contributed by atoms with Crippen LogP contribution in [0.3, 0.4) is 0 Å². The number of halogens is 1. The van der Waals surface area contributed by atoms with Crippen molar-refractivity contribution < 1.29 is 43.2 Å². The first-order valence-electron chi connectivity index (χ1n) is 17.9. The highest BCUT2D eigenvalue weighted by atomic mass is 127. The first-order chi connectivity index (χ1) is 23.9. The molecule has 9 atom stereocenters. The van der Waals surface area contributed by atoms with E-state index in [1.807, 2.05) is 48.6 Å². The SMILES string of the molecule is CC(C=C[C@H]1O[C@H](CC(=O)NCCNC(=O)CI)C[C@@]2(CO2)[C@@H]1O)=CC[C@@H]1O[C@H](C)[C@H](NC(=O)C=CC(C)OC(=O)N2CCCCC2)C[C@@H]1C. The van der Waals surface area contributed by atoms with Crippen LogP contribution >= 0.6 is 22.6 Å². The second kappa shape index (κ2) is 19.3. The lowest BCUT2D eigenvalue weighted by atomic mass is 9.87. The third-order valence-corrected chi connectivity index (χ3v) is 10.5. The number of rotatable bonds is 14. The number of likely N-dealkylation sites (tertiary alicyclic amines) is 1. The van der Waals surface area contributed by atoms with Gasteiger partial charge in [-0.3, -0.25) is 14.4 Å². The van der Waals surface area contributed by atoms with Crippen LogP contribution < -0.4 is 16.0 Å². The van der Waals surface area contributed by atoms with Crippen LogP contribution in [0.4, 0.5) is 4.79 Å². The number of aliphatic hydroxyl groups excluding tert-OH is 1. The van der Waals surface area contributed by atoms with Gasteiger partial charge in [-0.15, -0.1) is 0 Å². The summed E-state index contributed by atoms with van der Waals surface area (Å²) >= 11 is 1.98. The first kappa shape index (κ1) is 40.2. The molecule has 4 rings (SSSR count). The van der Waals surface area contributed by atoms with Gasteiger partial charge in [0.05, 0.1) is 41.8 Å². The van der Waals surface area contributed by atoms with E-state index in [1.54, 1.807) is 17.9 Å². The maximum atomic E-state index is 12.7. The van der Waals surface area contributed by atoms with Gasteiger partial charge < -0.3 is 44.9 Å².